The van der Waals surface area contributed by atoms with Crippen molar-refractivity contribution in [2.45, 2.75) is 116 Å². The van der Waals surface area contributed by atoms with Crippen LogP contribution in [0.3, 0.4) is 0 Å². The maximum atomic E-state index is 15.5. The fourth-order valence-electron chi connectivity index (χ4n) is 10.6. The number of amides is 4. The summed E-state index contributed by atoms with van der Waals surface area (Å²) in [5.41, 5.74) is 7.60. The Morgan fingerprint density at radius 1 is 0.859 bits per heavy atom. The average Bonchev–Trinajstić information content (AvgIpc) is 4.35. The summed E-state index contributed by atoms with van der Waals surface area (Å²) in [6.07, 6.45) is 9.47. The van der Waals surface area contributed by atoms with Gasteiger partial charge in [0, 0.05) is 88.1 Å². The van der Waals surface area contributed by atoms with Gasteiger partial charge in [-0.25, -0.2) is 18.7 Å². The summed E-state index contributed by atoms with van der Waals surface area (Å²) in [6.45, 7) is 12.6. The molecule has 78 heavy (non-hydrogen) atoms. The van der Waals surface area contributed by atoms with Gasteiger partial charge in [-0.3, -0.25) is 38.6 Å². The predicted octanol–water partition coefficient (Wildman–Crippen LogP) is 7.22. The predicted molar refractivity (Wildman–Crippen MR) is 295 cm³/mol. The van der Waals surface area contributed by atoms with Crippen LogP contribution in [0, 0.1) is 24.0 Å². The quantitative estimate of drug-likeness (QED) is 0.0561. The number of aryl methyl sites for hydroxylation is 1. The highest BCUT2D eigenvalue weighted by molar-refractivity contribution is 7.13. The Bertz CT molecular complexity index is 3040. The molecule has 3 fully saturated rings. The number of hydrogen-bond acceptors (Lipinski definition) is 13. The number of β-amino-alcohol motifs (C(OH)–C–C–N with tert-alkyl or cyclic N) is 1. The van der Waals surface area contributed by atoms with Gasteiger partial charge in [-0.2, -0.15) is 5.10 Å². The van der Waals surface area contributed by atoms with Crippen LogP contribution in [-0.2, 0) is 37.0 Å². The Morgan fingerprint density at radius 3 is 2.32 bits per heavy atom. The first-order valence-electron chi connectivity index (χ1n) is 27.2. The Hall–Kier alpha value is -6.58. The van der Waals surface area contributed by atoms with E-state index in [-0.39, 0.29) is 61.8 Å². The highest BCUT2D eigenvalue weighted by Gasteiger charge is 2.44. The van der Waals surface area contributed by atoms with E-state index in [1.54, 1.807) is 35.9 Å². The number of aliphatic hydroxyl groups is 1. The number of unbranched alkanes of at least 4 members (excludes halogenated alkanes) is 3. The molecule has 9 rings (SSSR count). The number of benzene rings is 3. The van der Waals surface area contributed by atoms with Gasteiger partial charge in [0.1, 0.15) is 23.7 Å². The maximum Gasteiger partial charge on any atom is 0.246 e. The molecular weight excluding hydrogens is 1020 g/mol. The number of aromatic nitrogens is 5. The monoisotopic (exact) mass is 1090 g/mol. The first-order valence-corrected chi connectivity index (χ1v) is 28.1. The van der Waals surface area contributed by atoms with Gasteiger partial charge in [0.05, 0.1) is 77.1 Å². The second kappa shape index (κ2) is 25.5. The van der Waals surface area contributed by atoms with E-state index in [2.05, 4.69) is 35.9 Å². The van der Waals surface area contributed by atoms with E-state index in [0.29, 0.717) is 73.7 Å². The number of aliphatic hydroxyl groups excluding tert-OH is 1. The van der Waals surface area contributed by atoms with Gasteiger partial charge in [-0.15, -0.1) is 11.3 Å². The molecule has 3 aromatic heterocycles. The molecular formula is C58H71F2N11O6S. The minimum absolute atomic E-state index is 0.00422. The summed E-state index contributed by atoms with van der Waals surface area (Å²) in [7, 11) is 0. The number of nitrogens with zero attached hydrogens (tertiary/aromatic N) is 8. The van der Waals surface area contributed by atoms with Gasteiger partial charge >= 0.3 is 0 Å². The molecule has 17 nitrogen and oxygen atoms in total. The van der Waals surface area contributed by atoms with Crippen molar-refractivity contribution in [1.29, 1.82) is 0 Å². The number of morpholine rings is 1. The Labute approximate surface area is 458 Å². The summed E-state index contributed by atoms with van der Waals surface area (Å²) in [4.78, 5) is 74.3. The lowest BCUT2D eigenvalue weighted by atomic mass is 9.85. The van der Waals surface area contributed by atoms with Crippen LogP contribution < -0.4 is 16.0 Å². The zero-order valence-corrected chi connectivity index (χ0v) is 45.8. The molecule has 0 aliphatic carbocycles. The van der Waals surface area contributed by atoms with E-state index in [4.69, 9.17) is 9.72 Å². The molecule has 0 bridgehead atoms. The number of para-hydroxylation sites is 1. The van der Waals surface area contributed by atoms with Crippen LogP contribution in [0.15, 0.2) is 78.7 Å². The molecule has 4 amide bonds. The van der Waals surface area contributed by atoms with Crippen molar-refractivity contribution in [2.24, 2.45) is 5.41 Å². The van der Waals surface area contributed by atoms with Gasteiger partial charge in [0.15, 0.2) is 0 Å². The standard InChI is InChI=1S/C58H71F2N11O6S/c1-37-54(78-36-64-37)39-15-13-38(14-16-39)29-63-56(75)50-28-43(72)33-70(50)57(76)55(58(2,3)4)67-51(73)12-7-5-6-8-19-61-52(74)35-68-20-17-42(18-21-68)71-32-41(30-65-71)49-31-62-48-11-9-10-44(53(48)66-49)40-26-46(59)45(47(60)27-40)34-69-22-24-77-25-23-69/h9-11,13-16,26-27,30-32,36,42-43,50,55,72H,5-8,12,17-25,28-29,33-35H2,1-4H3,(H,61,74)(H,63,75)(H,67,73)/t43-,50+,55?/m1/s1. The van der Waals surface area contributed by atoms with E-state index < -0.39 is 41.1 Å². The Morgan fingerprint density at radius 2 is 1.60 bits per heavy atom. The topological polar surface area (TPSA) is 200 Å². The summed E-state index contributed by atoms with van der Waals surface area (Å²) < 4.78 is 38.2. The fourth-order valence-corrected chi connectivity index (χ4v) is 11.4. The lowest BCUT2D eigenvalue weighted by Crippen LogP contribution is -2.57. The summed E-state index contributed by atoms with van der Waals surface area (Å²) in [5, 5.41) is 24.2. The number of carbonyl (C=O) groups is 4. The van der Waals surface area contributed by atoms with Crippen LogP contribution in [0.2, 0.25) is 0 Å². The van der Waals surface area contributed by atoms with Crippen molar-refractivity contribution in [3.8, 4) is 32.8 Å². The largest absolute Gasteiger partial charge is 0.391 e. The zero-order chi connectivity index (χ0) is 54.9. The summed E-state index contributed by atoms with van der Waals surface area (Å²) in [6, 6.07) is 14.4. The lowest BCUT2D eigenvalue weighted by molar-refractivity contribution is -0.144. The average molecular weight is 1090 g/mol. The molecule has 3 aliphatic heterocycles. The molecule has 0 spiro atoms. The Balaban J connectivity index is 0.672. The number of likely N-dealkylation sites (tertiary alicyclic amines) is 2. The first-order chi connectivity index (χ1) is 37.6. The van der Waals surface area contributed by atoms with Crippen molar-refractivity contribution in [2.75, 3.05) is 59.0 Å². The highest BCUT2D eigenvalue weighted by Crippen LogP contribution is 2.33. The maximum absolute atomic E-state index is 15.5. The van der Waals surface area contributed by atoms with Crippen molar-refractivity contribution in [3.63, 3.8) is 0 Å². The Kier molecular flexibility index (Phi) is 18.3. The number of fused-ring (bicyclic) bond motifs is 1. The summed E-state index contributed by atoms with van der Waals surface area (Å²) in [5.74, 6) is -2.24. The van der Waals surface area contributed by atoms with E-state index in [1.165, 1.54) is 17.0 Å². The van der Waals surface area contributed by atoms with Crippen LogP contribution in [-0.4, -0.2) is 145 Å². The van der Waals surface area contributed by atoms with Crippen LogP contribution in [0.4, 0.5) is 8.78 Å². The van der Waals surface area contributed by atoms with E-state index in [9.17, 15) is 24.3 Å². The second-order valence-electron chi connectivity index (χ2n) is 21.9. The van der Waals surface area contributed by atoms with E-state index in [1.807, 2.05) is 79.3 Å². The number of thiazole rings is 1. The number of rotatable bonds is 20. The van der Waals surface area contributed by atoms with Gasteiger partial charge in [0.2, 0.25) is 23.6 Å². The number of halogens is 2. The van der Waals surface area contributed by atoms with Crippen LogP contribution >= 0.6 is 11.3 Å². The lowest BCUT2D eigenvalue weighted by Gasteiger charge is -2.35. The number of piperidine rings is 1. The molecule has 3 aromatic carbocycles. The zero-order valence-electron chi connectivity index (χ0n) is 45.0. The van der Waals surface area contributed by atoms with Crippen molar-refractivity contribution in [1.82, 2.24) is 55.4 Å². The summed E-state index contributed by atoms with van der Waals surface area (Å²) >= 11 is 1.57. The van der Waals surface area contributed by atoms with Gasteiger partial charge in [-0.05, 0) is 72.9 Å². The molecule has 0 saturated carbocycles. The van der Waals surface area contributed by atoms with Crippen molar-refractivity contribution in [3.05, 3.63) is 107 Å². The van der Waals surface area contributed by atoms with Crippen molar-refractivity contribution < 1.29 is 37.8 Å². The molecule has 1 unspecified atom stereocenters. The fraction of sp³-hybridized carbons (Fsp3) is 0.483. The second-order valence-corrected chi connectivity index (χ2v) is 22.8. The minimum atomic E-state index is -0.897. The molecule has 3 saturated heterocycles. The molecule has 0 radical (unpaired) electrons. The van der Waals surface area contributed by atoms with E-state index in [0.717, 1.165) is 72.5 Å². The molecule has 6 aromatic rings. The smallest absolute Gasteiger partial charge is 0.246 e. The van der Waals surface area contributed by atoms with Gasteiger partial charge < -0.3 is 30.7 Å². The SMILES string of the molecule is Cc1ncsc1-c1ccc(CNC(=O)[C@@H]2C[C@@H](O)CN2C(=O)C(NC(=O)CCCCCCNC(=O)CN2CCC(n3cc(-c4cnc5cccc(-c6cc(F)c(CN7CCOCC7)c(F)c6)c5n4)cn3)CC2)C(C)(C)C)cc1. The molecule has 3 aliphatic rings. The number of ether oxygens (including phenoxy) is 1. The third-order valence-electron chi connectivity index (χ3n) is 15.1. The third-order valence-corrected chi connectivity index (χ3v) is 16.0. The number of carbonyl (C=O) groups excluding carboxylic acids is 4. The number of hydrogen-bond donors (Lipinski definition) is 4. The molecule has 6 heterocycles. The van der Waals surface area contributed by atoms with Crippen LogP contribution in [0.1, 0.15) is 95.0 Å². The molecule has 4 N–H and O–H groups in total. The highest BCUT2D eigenvalue weighted by atomic mass is 32.1. The van der Waals surface area contributed by atoms with Crippen LogP contribution in [0.5, 0.6) is 0 Å². The van der Waals surface area contributed by atoms with Crippen molar-refractivity contribution >= 4 is 46.0 Å². The molecule has 20 heteroatoms. The minimum Gasteiger partial charge on any atom is -0.391 e. The first kappa shape index (κ1) is 56.2. The third kappa shape index (κ3) is 14.0. The molecule has 414 valence electrons. The van der Waals surface area contributed by atoms with Crippen LogP contribution in [0.25, 0.3) is 43.9 Å². The van der Waals surface area contributed by atoms with Gasteiger partial charge in [0.25, 0.3) is 0 Å². The number of nitrogens with one attached hydrogen (secondary N) is 3. The molecule has 3 atom stereocenters. The normalized spacial score (nSPS) is 18.1. The van der Waals surface area contributed by atoms with E-state index >= 15 is 8.78 Å². The van der Waals surface area contributed by atoms with Gasteiger partial charge in [-0.1, -0.05) is 70.0 Å².